The highest BCUT2D eigenvalue weighted by molar-refractivity contribution is 7.89. The summed E-state index contributed by atoms with van der Waals surface area (Å²) in [4.78, 5) is 0.528. The first-order valence-electron chi connectivity index (χ1n) is 8.57. The molecule has 1 N–H and O–H groups in total. The van der Waals surface area contributed by atoms with E-state index in [0.717, 1.165) is 48.2 Å². The van der Waals surface area contributed by atoms with Crippen molar-refractivity contribution in [2.24, 2.45) is 5.92 Å². The molecule has 1 fully saturated rings. The van der Waals surface area contributed by atoms with Gasteiger partial charge in [-0.05, 0) is 81.8 Å². The zero-order valence-corrected chi connectivity index (χ0v) is 17.1. The molecule has 0 bridgehead atoms. The highest BCUT2D eigenvalue weighted by atomic mass is 35.5. The van der Waals surface area contributed by atoms with Gasteiger partial charge < -0.3 is 5.32 Å². The van der Waals surface area contributed by atoms with Crippen LogP contribution in [0.15, 0.2) is 11.0 Å². The molecule has 0 spiro atoms. The third kappa shape index (κ3) is 4.31. The van der Waals surface area contributed by atoms with E-state index in [4.69, 9.17) is 0 Å². The molecule has 6 heteroatoms. The van der Waals surface area contributed by atoms with Crippen LogP contribution in [0.4, 0.5) is 0 Å². The summed E-state index contributed by atoms with van der Waals surface area (Å²) in [6.07, 6.45) is 1.88. The van der Waals surface area contributed by atoms with Gasteiger partial charge in [-0.3, -0.25) is 0 Å². The van der Waals surface area contributed by atoms with E-state index in [1.165, 1.54) is 0 Å². The molecule has 2 rings (SSSR count). The molecule has 1 aliphatic heterocycles. The van der Waals surface area contributed by atoms with Crippen LogP contribution in [0.1, 0.15) is 42.0 Å². The summed E-state index contributed by atoms with van der Waals surface area (Å²) in [6, 6.07) is 2.08. The second-order valence-corrected chi connectivity index (χ2v) is 8.62. The molecule has 0 atom stereocenters. The second kappa shape index (κ2) is 8.65. The summed E-state index contributed by atoms with van der Waals surface area (Å²) in [5.74, 6) is 0.586. The largest absolute Gasteiger partial charge is 0.317 e. The van der Waals surface area contributed by atoms with Crippen molar-refractivity contribution in [3.8, 4) is 0 Å². The fraction of sp³-hybridized carbons (Fsp3) is 0.667. The van der Waals surface area contributed by atoms with Gasteiger partial charge in [-0.25, -0.2) is 8.42 Å². The number of hydrogen-bond donors (Lipinski definition) is 1. The molecule has 1 saturated heterocycles. The summed E-state index contributed by atoms with van der Waals surface area (Å²) < 4.78 is 28.0. The maximum absolute atomic E-state index is 13.2. The summed E-state index contributed by atoms with van der Waals surface area (Å²) in [5, 5.41) is 3.37. The number of benzene rings is 1. The average molecular weight is 375 g/mol. The number of halogens is 1. The Morgan fingerprint density at radius 2 is 1.58 bits per heavy atom. The van der Waals surface area contributed by atoms with E-state index in [1.54, 1.807) is 4.31 Å². The van der Waals surface area contributed by atoms with Gasteiger partial charge in [-0.2, -0.15) is 4.31 Å². The lowest BCUT2D eigenvalue weighted by Crippen LogP contribution is -2.41. The standard InChI is InChI=1S/C18H30N2O2S.ClH/c1-6-19-12-17-7-9-20(10-8-17)23(21,22)18-15(4)13(2)11-14(3)16(18)5;/h11,17,19H,6-10,12H2,1-5H3;1H. The highest BCUT2D eigenvalue weighted by Gasteiger charge is 2.32. The molecule has 1 aliphatic rings. The Morgan fingerprint density at radius 1 is 1.08 bits per heavy atom. The fourth-order valence-electron chi connectivity index (χ4n) is 3.40. The Bertz CT molecular complexity index is 640. The molecule has 1 aromatic rings. The van der Waals surface area contributed by atoms with Crippen molar-refractivity contribution >= 4 is 22.4 Å². The molecule has 0 radical (unpaired) electrons. The first-order chi connectivity index (χ1) is 10.8. The molecule has 0 amide bonds. The highest BCUT2D eigenvalue weighted by Crippen LogP contribution is 2.30. The number of rotatable bonds is 5. The molecule has 0 unspecified atom stereocenters. The van der Waals surface area contributed by atoms with Crippen molar-refractivity contribution in [3.05, 3.63) is 28.3 Å². The molecule has 0 aliphatic carbocycles. The monoisotopic (exact) mass is 374 g/mol. The summed E-state index contributed by atoms with van der Waals surface area (Å²) in [7, 11) is -3.40. The average Bonchev–Trinajstić information content (AvgIpc) is 2.51. The number of hydrogen-bond acceptors (Lipinski definition) is 3. The Labute approximate surface area is 153 Å². The smallest absolute Gasteiger partial charge is 0.243 e. The van der Waals surface area contributed by atoms with Crippen LogP contribution in [0.3, 0.4) is 0 Å². The van der Waals surface area contributed by atoms with Gasteiger partial charge in [-0.1, -0.05) is 13.0 Å². The maximum atomic E-state index is 13.2. The Balaban J connectivity index is 0.00000288. The van der Waals surface area contributed by atoms with E-state index in [1.807, 2.05) is 27.7 Å². The number of aryl methyl sites for hydroxylation is 2. The van der Waals surface area contributed by atoms with Gasteiger partial charge in [0.25, 0.3) is 0 Å². The molecule has 0 saturated carbocycles. The van der Waals surface area contributed by atoms with Gasteiger partial charge in [0.15, 0.2) is 0 Å². The van der Waals surface area contributed by atoms with Gasteiger partial charge in [0, 0.05) is 13.1 Å². The normalized spacial score (nSPS) is 16.9. The van der Waals surface area contributed by atoms with Crippen molar-refractivity contribution in [2.45, 2.75) is 52.4 Å². The number of nitrogens with zero attached hydrogens (tertiary/aromatic N) is 1. The third-order valence-corrected chi connectivity index (χ3v) is 7.32. The van der Waals surface area contributed by atoms with Crippen molar-refractivity contribution in [2.75, 3.05) is 26.2 Å². The van der Waals surface area contributed by atoms with Crippen LogP contribution in [0.25, 0.3) is 0 Å². The number of sulfonamides is 1. The van der Waals surface area contributed by atoms with Crippen LogP contribution in [0.5, 0.6) is 0 Å². The van der Waals surface area contributed by atoms with Crippen LogP contribution in [-0.2, 0) is 10.0 Å². The first-order valence-corrected chi connectivity index (χ1v) is 10.0. The SMILES string of the molecule is CCNCC1CCN(S(=O)(=O)c2c(C)c(C)cc(C)c2C)CC1.Cl. The quantitative estimate of drug-likeness (QED) is 0.859. The van der Waals surface area contributed by atoms with E-state index in [2.05, 4.69) is 18.3 Å². The van der Waals surface area contributed by atoms with Crippen molar-refractivity contribution in [1.29, 1.82) is 0 Å². The zero-order valence-electron chi connectivity index (χ0n) is 15.5. The lowest BCUT2D eigenvalue weighted by Gasteiger charge is -2.32. The van der Waals surface area contributed by atoms with Gasteiger partial charge in [-0.15, -0.1) is 12.4 Å². The molecule has 24 heavy (non-hydrogen) atoms. The lowest BCUT2D eigenvalue weighted by atomic mass is 9.98. The third-order valence-electron chi connectivity index (χ3n) is 5.15. The number of nitrogens with one attached hydrogen (secondary N) is 1. The van der Waals surface area contributed by atoms with Gasteiger partial charge >= 0.3 is 0 Å². The Hall–Kier alpha value is -0.620. The first kappa shape index (κ1) is 21.4. The molecule has 1 heterocycles. The lowest BCUT2D eigenvalue weighted by molar-refractivity contribution is 0.268. The summed E-state index contributed by atoms with van der Waals surface area (Å²) >= 11 is 0. The van der Waals surface area contributed by atoms with Crippen molar-refractivity contribution in [3.63, 3.8) is 0 Å². The fourth-order valence-corrected chi connectivity index (χ4v) is 5.44. The summed E-state index contributed by atoms with van der Waals surface area (Å²) in [5.41, 5.74) is 3.88. The molecular weight excluding hydrogens is 344 g/mol. The number of piperidine rings is 1. The van der Waals surface area contributed by atoms with Crippen molar-refractivity contribution in [1.82, 2.24) is 9.62 Å². The topological polar surface area (TPSA) is 49.4 Å². The van der Waals surface area contributed by atoms with Crippen molar-refractivity contribution < 1.29 is 8.42 Å². The minimum absolute atomic E-state index is 0. The molecular formula is C18H31ClN2O2S. The van der Waals surface area contributed by atoms with Crippen LogP contribution >= 0.6 is 12.4 Å². The molecule has 4 nitrogen and oxygen atoms in total. The minimum atomic E-state index is -3.40. The van der Waals surface area contributed by atoms with Gasteiger partial charge in [0.2, 0.25) is 10.0 Å². The molecule has 1 aromatic carbocycles. The Kier molecular flexibility index (Phi) is 7.73. The Morgan fingerprint density at radius 3 is 2.04 bits per heavy atom. The van der Waals surface area contributed by atoms with Crippen LogP contribution in [0.2, 0.25) is 0 Å². The van der Waals surface area contributed by atoms with Crippen LogP contribution < -0.4 is 5.32 Å². The van der Waals surface area contributed by atoms with Gasteiger partial charge in [0.1, 0.15) is 0 Å². The predicted octanol–water partition coefficient (Wildman–Crippen LogP) is 3.35. The predicted molar refractivity (Wildman–Crippen MR) is 103 cm³/mol. The van der Waals surface area contributed by atoms with E-state index >= 15 is 0 Å². The van der Waals surface area contributed by atoms with E-state index in [-0.39, 0.29) is 12.4 Å². The second-order valence-electron chi connectivity index (χ2n) is 6.74. The van der Waals surface area contributed by atoms with Gasteiger partial charge in [0.05, 0.1) is 4.90 Å². The molecule has 138 valence electrons. The van der Waals surface area contributed by atoms with Crippen LogP contribution in [-0.4, -0.2) is 38.9 Å². The zero-order chi connectivity index (χ0) is 17.2. The van der Waals surface area contributed by atoms with E-state index in [0.29, 0.717) is 23.9 Å². The van der Waals surface area contributed by atoms with E-state index < -0.39 is 10.0 Å². The summed E-state index contributed by atoms with van der Waals surface area (Å²) in [6.45, 7) is 13.2. The minimum Gasteiger partial charge on any atom is -0.317 e. The van der Waals surface area contributed by atoms with E-state index in [9.17, 15) is 8.42 Å². The maximum Gasteiger partial charge on any atom is 0.243 e. The van der Waals surface area contributed by atoms with Crippen LogP contribution in [0, 0.1) is 33.6 Å². The molecule has 0 aromatic heterocycles.